The molecule has 4 heteroatoms. The summed E-state index contributed by atoms with van der Waals surface area (Å²) >= 11 is 0. The molecule has 1 N–H and O–H groups in total. The van der Waals surface area contributed by atoms with Crippen LogP contribution in [0.15, 0.2) is 0 Å². The molecule has 6 heavy (non-hydrogen) atoms. The van der Waals surface area contributed by atoms with Crippen LogP contribution in [0.25, 0.3) is 0 Å². The van der Waals surface area contributed by atoms with Crippen LogP contribution in [0.2, 0.25) is 0 Å². The Hall–Kier alpha value is -0.540. The van der Waals surface area contributed by atoms with Crippen molar-refractivity contribution in [3.8, 4) is 0 Å². The molecular formula is C2H2F3N. The first kappa shape index (κ1) is 5.46. The van der Waals surface area contributed by atoms with E-state index in [0.29, 0.717) is 0 Å². The molecule has 1 nitrogen and oxygen atoms in total. The second-order valence-corrected chi connectivity index (χ2v) is 0.686. The fourth-order valence-corrected chi connectivity index (χ4v) is 0. The third-order valence-electron chi connectivity index (χ3n) is 0.164. The summed E-state index contributed by atoms with van der Waals surface area (Å²) in [6, 6.07) is 0. The van der Waals surface area contributed by atoms with Gasteiger partial charge >= 0.3 is 6.18 Å². The Labute approximate surface area is 32.3 Å². The van der Waals surface area contributed by atoms with Crippen molar-refractivity contribution in [2.24, 2.45) is 0 Å². The normalized spacial score (nSPS) is 11.2. The molecule has 0 saturated carbocycles. The molecule has 0 aliphatic carbocycles. The fourth-order valence-electron chi connectivity index (χ4n) is 0. The van der Waals surface area contributed by atoms with Gasteiger partial charge < -0.3 is 5.41 Å². The van der Waals surface area contributed by atoms with Gasteiger partial charge in [0.25, 0.3) is 0 Å². The van der Waals surface area contributed by atoms with Crippen LogP contribution in [0.3, 0.4) is 0 Å². The summed E-state index contributed by atoms with van der Waals surface area (Å²) in [5.41, 5.74) is 0. The van der Waals surface area contributed by atoms with Gasteiger partial charge in [0, 0.05) is 0 Å². The smallest absolute Gasteiger partial charge is 0.304 e. The van der Waals surface area contributed by atoms with Crippen molar-refractivity contribution in [2.45, 2.75) is 6.18 Å². The molecule has 0 aromatic carbocycles. The van der Waals surface area contributed by atoms with Crippen LogP contribution in [-0.4, -0.2) is 12.4 Å². The van der Waals surface area contributed by atoms with Gasteiger partial charge in [0.2, 0.25) is 0 Å². The van der Waals surface area contributed by atoms with Crippen molar-refractivity contribution in [1.82, 2.24) is 0 Å². The van der Waals surface area contributed by atoms with Crippen molar-refractivity contribution in [2.75, 3.05) is 0 Å². The van der Waals surface area contributed by atoms with Crippen LogP contribution in [-0.2, 0) is 0 Å². The Balaban J connectivity index is 3.45. The second-order valence-electron chi connectivity index (χ2n) is 0.686. The Kier molecular flexibility index (Phi) is 1.16. The highest BCUT2D eigenvalue weighted by molar-refractivity contribution is 5.59. The SMILES string of the molecule is N=CC(F)(F)F. The lowest BCUT2D eigenvalue weighted by Gasteiger charge is -1.90. The highest BCUT2D eigenvalue weighted by Gasteiger charge is 2.21. The van der Waals surface area contributed by atoms with Gasteiger partial charge in [0.1, 0.15) is 0 Å². The molecule has 0 aliphatic heterocycles. The van der Waals surface area contributed by atoms with Crippen LogP contribution in [0.5, 0.6) is 0 Å². The summed E-state index contributed by atoms with van der Waals surface area (Å²) in [7, 11) is 0. The van der Waals surface area contributed by atoms with E-state index in [9.17, 15) is 13.2 Å². The van der Waals surface area contributed by atoms with Crippen LogP contribution in [0.1, 0.15) is 0 Å². The predicted octanol–water partition coefficient (Wildman–Crippen LogP) is 1.20. The van der Waals surface area contributed by atoms with Crippen LogP contribution >= 0.6 is 0 Å². The van der Waals surface area contributed by atoms with E-state index in [1.165, 1.54) is 0 Å². The molecular weight excluding hydrogens is 95.0 g/mol. The van der Waals surface area contributed by atoms with Gasteiger partial charge in [-0.05, 0) is 0 Å². The molecule has 0 amide bonds. The average molecular weight is 97.0 g/mol. The van der Waals surface area contributed by atoms with Crippen molar-refractivity contribution in [1.29, 1.82) is 5.41 Å². The lowest BCUT2D eigenvalue weighted by Crippen LogP contribution is -2.06. The van der Waals surface area contributed by atoms with Gasteiger partial charge in [-0.25, -0.2) is 0 Å². The summed E-state index contributed by atoms with van der Waals surface area (Å²) in [4.78, 5) is 0. The van der Waals surface area contributed by atoms with Crippen molar-refractivity contribution < 1.29 is 13.2 Å². The summed E-state index contributed by atoms with van der Waals surface area (Å²) in [6.07, 6.45) is -4.98. The van der Waals surface area contributed by atoms with Crippen molar-refractivity contribution >= 4 is 6.21 Å². The number of hydrogen-bond donors (Lipinski definition) is 1. The summed E-state index contributed by atoms with van der Waals surface area (Å²) in [5, 5.41) is 5.60. The molecule has 0 heterocycles. The van der Waals surface area contributed by atoms with Crippen molar-refractivity contribution in [3.63, 3.8) is 0 Å². The highest BCUT2D eigenvalue weighted by atomic mass is 19.4. The first-order valence-corrected chi connectivity index (χ1v) is 1.14. The van der Waals surface area contributed by atoms with E-state index in [-0.39, 0.29) is 0 Å². The molecule has 0 aromatic heterocycles. The van der Waals surface area contributed by atoms with Crippen LogP contribution in [0, 0.1) is 5.41 Å². The number of rotatable bonds is 0. The molecule has 0 radical (unpaired) electrons. The number of hydrogen-bond acceptors (Lipinski definition) is 1. The summed E-state index contributed by atoms with van der Waals surface area (Å²) in [5.74, 6) is 0. The van der Waals surface area contributed by atoms with Gasteiger partial charge in [0.15, 0.2) is 0 Å². The Morgan fingerprint density at radius 3 is 1.50 bits per heavy atom. The maximum Gasteiger partial charge on any atom is 0.425 e. The number of nitrogens with one attached hydrogen (secondary N) is 1. The largest absolute Gasteiger partial charge is 0.425 e. The molecule has 0 fully saturated rings. The van der Waals surface area contributed by atoms with Gasteiger partial charge in [-0.3, -0.25) is 0 Å². The Bertz CT molecular complexity index is 54.3. The summed E-state index contributed by atoms with van der Waals surface area (Å²) in [6.45, 7) is 0. The minimum absolute atomic E-state index is 0.562. The van der Waals surface area contributed by atoms with E-state index in [1.807, 2.05) is 0 Å². The van der Waals surface area contributed by atoms with Gasteiger partial charge in [0.05, 0.1) is 6.21 Å². The van der Waals surface area contributed by atoms with E-state index in [0.717, 1.165) is 0 Å². The Morgan fingerprint density at radius 1 is 1.33 bits per heavy atom. The third-order valence-corrected chi connectivity index (χ3v) is 0.164. The third kappa shape index (κ3) is 3.46. The zero-order chi connectivity index (χ0) is 5.21. The topological polar surface area (TPSA) is 23.9 Å². The predicted molar refractivity (Wildman–Crippen MR) is 14.8 cm³/mol. The van der Waals surface area contributed by atoms with Crippen LogP contribution < -0.4 is 0 Å². The van der Waals surface area contributed by atoms with Gasteiger partial charge in [-0.15, -0.1) is 0 Å². The standard InChI is InChI=1S/C2H2F3N/c3-2(4,5)1-6/h1,6H. The maximum atomic E-state index is 10.5. The van der Waals surface area contributed by atoms with Crippen molar-refractivity contribution in [3.05, 3.63) is 0 Å². The van der Waals surface area contributed by atoms with E-state index >= 15 is 0 Å². The lowest BCUT2D eigenvalue weighted by atomic mass is 10.7. The molecule has 0 aliphatic rings. The van der Waals surface area contributed by atoms with E-state index in [1.54, 1.807) is 0 Å². The molecule has 0 atom stereocenters. The first-order valence-electron chi connectivity index (χ1n) is 1.14. The minimum atomic E-state index is -4.42. The molecule has 0 saturated heterocycles. The molecule has 0 spiro atoms. The Morgan fingerprint density at radius 2 is 1.50 bits per heavy atom. The zero-order valence-corrected chi connectivity index (χ0v) is 2.71. The van der Waals surface area contributed by atoms with Gasteiger partial charge in [-0.2, -0.15) is 13.2 Å². The van der Waals surface area contributed by atoms with Crippen LogP contribution in [0.4, 0.5) is 13.2 Å². The van der Waals surface area contributed by atoms with E-state index < -0.39 is 12.4 Å². The number of alkyl halides is 3. The summed E-state index contributed by atoms with van der Waals surface area (Å²) < 4.78 is 31.6. The van der Waals surface area contributed by atoms with Gasteiger partial charge in [-0.1, -0.05) is 0 Å². The molecule has 0 bridgehead atoms. The minimum Gasteiger partial charge on any atom is -0.304 e. The molecule has 0 aromatic rings. The van der Waals surface area contributed by atoms with E-state index in [2.05, 4.69) is 0 Å². The number of halogens is 3. The molecule has 36 valence electrons. The maximum absolute atomic E-state index is 10.5. The molecule has 0 rings (SSSR count). The zero-order valence-electron chi connectivity index (χ0n) is 2.71. The fraction of sp³-hybridized carbons (Fsp3) is 0.500. The molecule has 0 unspecified atom stereocenters. The lowest BCUT2D eigenvalue weighted by molar-refractivity contribution is -0.0542. The second kappa shape index (κ2) is 1.28. The quantitative estimate of drug-likeness (QED) is 0.439. The first-order chi connectivity index (χ1) is 2.56. The average Bonchev–Trinajstić information content (AvgIpc) is 1.35. The van der Waals surface area contributed by atoms with E-state index in [4.69, 9.17) is 5.41 Å². The monoisotopic (exact) mass is 97.0 g/mol. The highest BCUT2D eigenvalue weighted by Crippen LogP contribution is 2.08.